The number of aromatic nitrogens is 1. The number of benzene rings is 1. The number of carbonyl (C=O) groups excluding carboxylic acids is 1. The van der Waals surface area contributed by atoms with Gasteiger partial charge in [0, 0.05) is 30.7 Å². The molecule has 4 nitrogen and oxygen atoms in total. The molecule has 0 radical (unpaired) electrons. The summed E-state index contributed by atoms with van der Waals surface area (Å²) >= 11 is 0. The molecule has 1 aromatic heterocycles. The number of nitrogens with one attached hydrogen (secondary N) is 1. The van der Waals surface area contributed by atoms with E-state index in [1.165, 1.54) is 12.8 Å². The highest BCUT2D eigenvalue weighted by Crippen LogP contribution is 2.20. The molecule has 2 heterocycles. The lowest BCUT2D eigenvalue weighted by Crippen LogP contribution is -2.19. The van der Waals surface area contributed by atoms with E-state index < -0.39 is 0 Å². The Balaban J connectivity index is 1.76. The number of rotatable bonds is 3. The van der Waals surface area contributed by atoms with Gasteiger partial charge in [-0.05, 0) is 37.1 Å². The normalized spacial score (nSPS) is 14.3. The van der Waals surface area contributed by atoms with Gasteiger partial charge in [0.1, 0.15) is 5.69 Å². The summed E-state index contributed by atoms with van der Waals surface area (Å²) in [4.78, 5) is 18.6. The number of nitrogens with zero attached hydrogens (tertiary/aromatic N) is 2. The second-order valence-corrected chi connectivity index (χ2v) is 4.91. The van der Waals surface area contributed by atoms with Crippen molar-refractivity contribution in [1.29, 1.82) is 0 Å². The number of hydrogen-bond donors (Lipinski definition) is 1. The van der Waals surface area contributed by atoms with Gasteiger partial charge in [-0.1, -0.05) is 18.2 Å². The van der Waals surface area contributed by atoms with Crippen molar-refractivity contribution in [3.05, 3.63) is 54.4 Å². The minimum absolute atomic E-state index is 0.169. The van der Waals surface area contributed by atoms with Crippen molar-refractivity contribution in [3.63, 3.8) is 0 Å². The molecule has 3 rings (SSSR count). The molecule has 2 aromatic rings. The Bertz CT molecular complexity index is 592. The zero-order chi connectivity index (χ0) is 13.8. The lowest BCUT2D eigenvalue weighted by molar-refractivity contribution is 0.102. The molecule has 0 bridgehead atoms. The van der Waals surface area contributed by atoms with Crippen molar-refractivity contribution in [1.82, 2.24) is 4.98 Å². The highest BCUT2D eigenvalue weighted by molar-refractivity contribution is 6.03. The van der Waals surface area contributed by atoms with Crippen LogP contribution in [0.2, 0.25) is 0 Å². The Morgan fingerprint density at radius 2 is 1.85 bits per heavy atom. The fourth-order valence-electron chi connectivity index (χ4n) is 2.43. The van der Waals surface area contributed by atoms with Crippen LogP contribution in [0.15, 0.2) is 48.7 Å². The average molecular weight is 267 g/mol. The summed E-state index contributed by atoms with van der Waals surface area (Å²) in [6, 6.07) is 13.3. The molecule has 0 unspecified atom stereocenters. The molecule has 20 heavy (non-hydrogen) atoms. The molecular weight excluding hydrogens is 250 g/mol. The summed E-state index contributed by atoms with van der Waals surface area (Å²) in [5.74, 6) is -0.169. The molecule has 0 spiro atoms. The van der Waals surface area contributed by atoms with Crippen LogP contribution in [0.4, 0.5) is 11.4 Å². The van der Waals surface area contributed by atoms with Gasteiger partial charge < -0.3 is 10.2 Å². The highest BCUT2D eigenvalue weighted by Gasteiger charge is 2.15. The van der Waals surface area contributed by atoms with Crippen LogP contribution in [0.3, 0.4) is 0 Å². The maximum atomic E-state index is 12.2. The Hall–Kier alpha value is -2.36. The maximum Gasteiger partial charge on any atom is 0.274 e. The van der Waals surface area contributed by atoms with Crippen LogP contribution >= 0.6 is 0 Å². The molecule has 1 saturated heterocycles. The first-order valence-electron chi connectivity index (χ1n) is 6.90. The molecule has 0 atom stereocenters. The Morgan fingerprint density at radius 1 is 1.10 bits per heavy atom. The Labute approximate surface area is 118 Å². The van der Waals surface area contributed by atoms with E-state index in [-0.39, 0.29) is 5.91 Å². The minimum atomic E-state index is -0.169. The fourth-order valence-corrected chi connectivity index (χ4v) is 2.43. The van der Waals surface area contributed by atoms with Gasteiger partial charge in [0.05, 0.1) is 0 Å². The summed E-state index contributed by atoms with van der Waals surface area (Å²) in [6.45, 7) is 2.12. The van der Waals surface area contributed by atoms with Gasteiger partial charge in [-0.25, -0.2) is 0 Å². The minimum Gasteiger partial charge on any atom is -0.371 e. The van der Waals surface area contributed by atoms with Crippen LogP contribution in [0.1, 0.15) is 23.3 Å². The highest BCUT2D eigenvalue weighted by atomic mass is 16.1. The van der Waals surface area contributed by atoms with Crippen molar-refractivity contribution >= 4 is 17.3 Å². The van der Waals surface area contributed by atoms with Crippen molar-refractivity contribution < 1.29 is 4.79 Å². The quantitative estimate of drug-likeness (QED) is 0.930. The lowest BCUT2D eigenvalue weighted by atomic mass is 10.2. The SMILES string of the molecule is O=C(Nc1ccccc1)c1cc(N2CCCC2)ccn1. The summed E-state index contributed by atoms with van der Waals surface area (Å²) in [6.07, 6.45) is 4.13. The largest absolute Gasteiger partial charge is 0.371 e. The molecular formula is C16H17N3O. The predicted molar refractivity (Wildman–Crippen MR) is 80.1 cm³/mol. The number of pyridine rings is 1. The summed E-state index contributed by atoms with van der Waals surface area (Å²) in [5.41, 5.74) is 2.32. The van der Waals surface area contributed by atoms with Crippen LogP contribution in [0.5, 0.6) is 0 Å². The molecule has 1 N–H and O–H groups in total. The molecule has 1 amide bonds. The average Bonchev–Trinajstić information content (AvgIpc) is 3.03. The fraction of sp³-hybridized carbons (Fsp3) is 0.250. The number of hydrogen-bond acceptors (Lipinski definition) is 3. The van der Waals surface area contributed by atoms with E-state index >= 15 is 0 Å². The van der Waals surface area contributed by atoms with Crippen LogP contribution in [-0.4, -0.2) is 24.0 Å². The first kappa shape index (κ1) is 12.7. The molecule has 4 heteroatoms. The number of carbonyl (C=O) groups is 1. The first-order valence-corrected chi connectivity index (χ1v) is 6.90. The van der Waals surface area contributed by atoms with Crippen molar-refractivity contribution in [2.75, 3.05) is 23.3 Å². The van der Waals surface area contributed by atoms with E-state index in [4.69, 9.17) is 0 Å². The lowest BCUT2D eigenvalue weighted by Gasteiger charge is -2.17. The van der Waals surface area contributed by atoms with E-state index in [0.29, 0.717) is 5.69 Å². The van der Waals surface area contributed by atoms with E-state index in [2.05, 4.69) is 15.2 Å². The smallest absolute Gasteiger partial charge is 0.274 e. The Kier molecular flexibility index (Phi) is 3.63. The van der Waals surface area contributed by atoms with Gasteiger partial charge in [-0.2, -0.15) is 0 Å². The monoisotopic (exact) mass is 267 g/mol. The van der Waals surface area contributed by atoms with Crippen molar-refractivity contribution in [3.8, 4) is 0 Å². The molecule has 102 valence electrons. The Morgan fingerprint density at radius 3 is 2.60 bits per heavy atom. The zero-order valence-electron chi connectivity index (χ0n) is 11.2. The summed E-state index contributed by atoms with van der Waals surface area (Å²) < 4.78 is 0. The standard InChI is InChI=1S/C16H17N3O/c20-16(18-13-6-2-1-3-7-13)15-12-14(8-9-17-15)19-10-4-5-11-19/h1-3,6-9,12H,4-5,10-11H2,(H,18,20). The summed E-state index contributed by atoms with van der Waals surface area (Å²) in [7, 11) is 0. The second-order valence-electron chi connectivity index (χ2n) is 4.91. The molecule has 1 fully saturated rings. The molecule has 1 aliphatic rings. The first-order chi connectivity index (χ1) is 9.83. The second kappa shape index (κ2) is 5.74. The number of para-hydroxylation sites is 1. The van der Waals surface area contributed by atoms with Gasteiger partial charge >= 0.3 is 0 Å². The molecule has 0 saturated carbocycles. The molecule has 1 aliphatic heterocycles. The predicted octanol–water partition coefficient (Wildman–Crippen LogP) is 2.93. The van der Waals surface area contributed by atoms with Crippen LogP contribution in [0, 0.1) is 0 Å². The van der Waals surface area contributed by atoms with Crippen molar-refractivity contribution in [2.24, 2.45) is 0 Å². The van der Waals surface area contributed by atoms with Gasteiger partial charge in [0.25, 0.3) is 5.91 Å². The van der Waals surface area contributed by atoms with Gasteiger partial charge in [-0.15, -0.1) is 0 Å². The van der Waals surface area contributed by atoms with E-state index in [0.717, 1.165) is 24.5 Å². The third-order valence-electron chi connectivity index (χ3n) is 3.48. The van der Waals surface area contributed by atoms with E-state index in [1.54, 1.807) is 6.20 Å². The van der Waals surface area contributed by atoms with Gasteiger partial charge in [0.15, 0.2) is 0 Å². The number of amides is 1. The number of anilines is 2. The summed E-state index contributed by atoms with van der Waals surface area (Å²) in [5, 5.41) is 2.86. The topological polar surface area (TPSA) is 45.2 Å². The third-order valence-corrected chi connectivity index (χ3v) is 3.48. The van der Waals surface area contributed by atoms with E-state index in [9.17, 15) is 4.79 Å². The van der Waals surface area contributed by atoms with Gasteiger partial charge in [0.2, 0.25) is 0 Å². The third kappa shape index (κ3) is 2.79. The van der Waals surface area contributed by atoms with Crippen LogP contribution in [0.25, 0.3) is 0 Å². The van der Waals surface area contributed by atoms with E-state index in [1.807, 2.05) is 42.5 Å². The molecule has 0 aliphatic carbocycles. The maximum absolute atomic E-state index is 12.2. The van der Waals surface area contributed by atoms with Gasteiger partial charge in [-0.3, -0.25) is 9.78 Å². The zero-order valence-corrected chi connectivity index (χ0v) is 11.2. The molecule has 1 aromatic carbocycles. The van der Waals surface area contributed by atoms with Crippen molar-refractivity contribution in [2.45, 2.75) is 12.8 Å². The van der Waals surface area contributed by atoms with Crippen LogP contribution < -0.4 is 10.2 Å². The van der Waals surface area contributed by atoms with Crippen LogP contribution in [-0.2, 0) is 0 Å².